The summed E-state index contributed by atoms with van der Waals surface area (Å²) < 4.78 is 7.48. The minimum atomic E-state index is 0.206. The normalized spacial score (nSPS) is 12.9. The van der Waals surface area contributed by atoms with E-state index in [1.54, 1.807) is 6.26 Å². The molecule has 1 aromatic carbocycles. The van der Waals surface area contributed by atoms with Gasteiger partial charge >= 0.3 is 0 Å². The highest BCUT2D eigenvalue weighted by atomic mass is 16.3. The number of para-hydroxylation sites is 1. The van der Waals surface area contributed by atoms with Gasteiger partial charge < -0.3 is 14.7 Å². The molecular weight excluding hydrogens is 238 g/mol. The minimum absolute atomic E-state index is 0.206. The molecule has 2 heterocycles. The van der Waals surface area contributed by atoms with Gasteiger partial charge in [0.15, 0.2) is 0 Å². The van der Waals surface area contributed by atoms with Crippen LogP contribution < -0.4 is 5.73 Å². The first-order valence-electron chi connectivity index (χ1n) is 6.42. The third-order valence-electron chi connectivity index (χ3n) is 3.47. The monoisotopic (exact) mass is 255 g/mol. The second-order valence-corrected chi connectivity index (χ2v) is 4.92. The topological polar surface area (TPSA) is 57.0 Å². The number of aryl methyl sites for hydroxylation is 1. The highest BCUT2D eigenvalue weighted by Gasteiger charge is 2.16. The van der Waals surface area contributed by atoms with Crippen molar-refractivity contribution in [2.75, 3.05) is 5.73 Å². The molecule has 0 aliphatic rings. The maximum Gasteiger partial charge on any atom is 0.201 e. The van der Waals surface area contributed by atoms with Crippen molar-refractivity contribution < 1.29 is 4.42 Å². The van der Waals surface area contributed by atoms with Crippen LogP contribution in [0, 0.1) is 6.92 Å². The summed E-state index contributed by atoms with van der Waals surface area (Å²) in [5, 5.41) is 0. The summed E-state index contributed by atoms with van der Waals surface area (Å²) in [6.07, 6.45) is 2.50. The Kier molecular flexibility index (Phi) is 2.78. The Morgan fingerprint density at radius 1 is 1.32 bits per heavy atom. The summed E-state index contributed by atoms with van der Waals surface area (Å²) in [5.41, 5.74) is 9.28. The maximum atomic E-state index is 6.07. The Morgan fingerprint density at radius 3 is 2.89 bits per heavy atom. The number of benzene rings is 1. The lowest BCUT2D eigenvalue weighted by Crippen LogP contribution is -2.11. The van der Waals surface area contributed by atoms with Crippen molar-refractivity contribution in [3.63, 3.8) is 0 Å². The molecular formula is C15H17N3O. The fraction of sp³-hybridized carbons (Fsp3) is 0.267. The molecule has 3 rings (SSSR count). The van der Waals surface area contributed by atoms with E-state index in [4.69, 9.17) is 10.2 Å². The zero-order chi connectivity index (χ0) is 13.4. The number of nitrogens with zero attached hydrogens (tertiary/aromatic N) is 2. The van der Waals surface area contributed by atoms with Crippen molar-refractivity contribution in [2.45, 2.75) is 26.3 Å². The first-order chi connectivity index (χ1) is 9.16. The van der Waals surface area contributed by atoms with Crippen molar-refractivity contribution in [3.05, 3.63) is 47.9 Å². The quantitative estimate of drug-likeness (QED) is 0.781. The number of aromatic nitrogens is 2. The summed E-state index contributed by atoms with van der Waals surface area (Å²) in [5.74, 6) is 1.52. The van der Waals surface area contributed by atoms with Crippen LogP contribution in [0.25, 0.3) is 11.0 Å². The van der Waals surface area contributed by atoms with Crippen LogP contribution in [0.1, 0.15) is 24.3 Å². The standard InChI is InChI=1S/C15H17N3O/c1-10-5-3-7-13-14(10)17-15(16)18(13)11(2)9-12-6-4-8-19-12/h3-8,11H,9H2,1-2H3,(H2,16,17). The summed E-state index contributed by atoms with van der Waals surface area (Å²) in [6.45, 7) is 4.18. The van der Waals surface area contributed by atoms with Gasteiger partial charge in [0.2, 0.25) is 5.95 Å². The second kappa shape index (κ2) is 4.46. The molecule has 2 N–H and O–H groups in total. The van der Waals surface area contributed by atoms with Gasteiger partial charge in [-0.1, -0.05) is 12.1 Å². The number of anilines is 1. The third kappa shape index (κ3) is 1.99. The predicted molar refractivity (Wildman–Crippen MR) is 76.0 cm³/mol. The fourth-order valence-electron chi connectivity index (χ4n) is 2.55. The lowest BCUT2D eigenvalue weighted by molar-refractivity contribution is 0.456. The van der Waals surface area contributed by atoms with E-state index < -0.39 is 0 Å². The summed E-state index contributed by atoms with van der Waals surface area (Å²) in [6, 6.07) is 10.2. The largest absolute Gasteiger partial charge is 0.469 e. The van der Waals surface area contributed by atoms with Gasteiger partial charge in [0.25, 0.3) is 0 Å². The number of hydrogen-bond acceptors (Lipinski definition) is 3. The Labute approximate surface area is 111 Å². The lowest BCUT2D eigenvalue weighted by atomic mass is 10.1. The van der Waals surface area contributed by atoms with E-state index in [0.29, 0.717) is 5.95 Å². The van der Waals surface area contributed by atoms with Gasteiger partial charge in [-0.15, -0.1) is 0 Å². The SMILES string of the molecule is Cc1cccc2c1nc(N)n2C(C)Cc1ccco1. The molecule has 4 nitrogen and oxygen atoms in total. The van der Waals surface area contributed by atoms with Gasteiger partial charge in [-0.05, 0) is 37.6 Å². The van der Waals surface area contributed by atoms with Crippen LogP contribution in [-0.2, 0) is 6.42 Å². The zero-order valence-corrected chi connectivity index (χ0v) is 11.1. The van der Waals surface area contributed by atoms with E-state index in [9.17, 15) is 0 Å². The molecule has 4 heteroatoms. The van der Waals surface area contributed by atoms with Gasteiger partial charge in [-0.2, -0.15) is 0 Å². The smallest absolute Gasteiger partial charge is 0.201 e. The minimum Gasteiger partial charge on any atom is -0.469 e. The predicted octanol–water partition coefficient (Wildman–Crippen LogP) is 3.32. The van der Waals surface area contributed by atoms with E-state index in [-0.39, 0.29) is 6.04 Å². The summed E-state index contributed by atoms with van der Waals surface area (Å²) >= 11 is 0. The maximum absolute atomic E-state index is 6.07. The Bertz CT molecular complexity index is 698. The molecule has 0 radical (unpaired) electrons. The molecule has 0 saturated carbocycles. The van der Waals surface area contributed by atoms with E-state index in [0.717, 1.165) is 28.8 Å². The van der Waals surface area contributed by atoms with Gasteiger partial charge in [-0.25, -0.2) is 4.98 Å². The van der Waals surface area contributed by atoms with Crippen molar-refractivity contribution in [1.29, 1.82) is 0 Å². The van der Waals surface area contributed by atoms with Crippen LogP contribution in [0.2, 0.25) is 0 Å². The molecule has 0 bridgehead atoms. The van der Waals surface area contributed by atoms with Crippen LogP contribution >= 0.6 is 0 Å². The number of imidazole rings is 1. The number of fused-ring (bicyclic) bond motifs is 1. The number of hydrogen-bond donors (Lipinski definition) is 1. The molecule has 0 amide bonds. The lowest BCUT2D eigenvalue weighted by Gasteiger charge is -2.14. The van der Waals surface area contributed by atoms with Crippen LogP contribution in [0.4, 0.5) is 5.95 Å². The molecule has 0 aliphatic heterocycles. The molecule has 1 unspecified atom stereocenters. The van der Waals surface area contributed by atoms with Crippen molar-refractivity contribution in [2.24, 2.45) is 0 Å². The number of nitrogen functional groups attached to an aromatic ring is 1. The average molecular weight is 255 g/mol. The fourth-order valence-corrected chi connectivity index (χ4v) is 2.55. The first kappa shape index (κ1) is 11.8. The molecule has 3 aromatic rings. The van der Waals surface area contributed by atoms with Crippen molar-refractivity contribution in [3.8, 4) is 0 Å². The van der Waals surface area contributed by atoms with Gasteiger partial charge in [-0.3, -0.25) is 0 Å². The van der Waals surface area contributed by atoms with Crippen molar-refractivity contribution >= 4 is 17.0 Å². The number of nitrogens with two attached hydrogens (primary N) is 1. The zero-order valence-electron chi connectivity index (χ0n) is 11.1. The Hall–Kier alpha value is -2.23. The molecule has 19 heavy (non-hydrogen) atoms. The average Bonchev–Trinajstić information content (AvgIpc) is 2.96. The number of rotatable bonds is 3. The van der Waals surface area contributed by atoms with E-state index >= 15 is 0 Å². The van der Waals surface area contributed by atoms with Crippen LogP contribution in [0.15, 0.2) is 41.0 Å². The molecule has 2 aromatic heterocycles. The number of furan rings is 1. The Morgan fingerprint density at radius 2 is 2.16 bits per heavy atom. The summed E-state index contributed by atoms with van der Waals surface area (Å²) in [7, 11) is 0. The second-order valence-electron chi connectivity index (χ2n) is 4.92. The van der Waals surface area contributed by atoms with E-state index in [1.165, 1.54) is 0 Å². The van der Waals surface area contributed by atoms with Crippen LogP contribution in [0.5, 0.6) is 0 Å². The molecule has 0 saturated heterocycles. The Balaban J connectivity index is 2.04. The van der Waals surface area contributed by atoms with Crippen LogP contribution in [0.3, 0.4) is 0 Å². The van der Waals surface area contributed by atoms with Crippen LogP contribution in [-0.4, -0.2) is 9.55 Å². The third-order valence-corrected chi connectivity index (χ3v) is 3.47. The van der Waals surface area contributed by atoms with Gasteiger partial charge in [0.1, 0.15) is 5.76 Å². The van der Waals surface area contributed by atoms with Crippen molar-refractivity contribution in [1.82, 2.24) is 9.55 Å². The molecule has 98 valence electrons. The van der Waals surface area contributed by atoms with E-state index in [2.05, 4.69) is 35.5 Å². The molecule has 0 spiro atoms. The molecule has 1 atom stereocenters. The van der Waals surface area contributed by atoms with E-state index in [1.807, 2.05) is 18.2 Å². The summed E-state index contributed by atoms with van der Waals surface area (Å²) in [4.78, 5) is 4.47. The highest BCUT2D eigenvalue weighted by Crippen LogP contribution is 2.26. The van der Waals surface area contributed by atoms with Gasteiger partial charge in [0, 0.05) is 12.5 Å². The molecule has 0 fully saturated rings. The van der Waals surface area contributed by atoms with Gasteiger partial charge in [0.05, 0.1) is 17.3 Å². The highest BCUT2D eigenvalue weighted by molar-refractivity contribution is 5.81. The molecule has 0 aliphatic carbocycles. The first-order valence-corrected chi connectivity index (χ1v) is 6.42.